The molecule has 1 saturated heterocycles. The molecule has 0 aliphatic carbocycles. The summed E-state index contributed by atoms with van der Waals surface area (Å²) in [5.74, 6) is 2.42. The van der Waals surface area contributed by atoms with Crippen LogP contribution in [-0.4, -0.2) is 35.6 Å². The number of ketones is 1. The standard InChI is InChI=1S/C18H20N4O3/c1-11-7-16(21-18(19)20-11)22-6-2-3-13(9-22)17(23)12-4-5-14-15(8-12)25-10-24-14/h4-5,7-8,13H,2-3,6,9-10H2,1H3,(H2,19,20,21)/t13-/m1/s1. The van der Waals surface area contributed by atoms with Gasteiger partial charge >= 0.3 is 0 Å². The van der Waals surface area contributed by atoms with E-state index in [1.54, 1.807) is 12.1 Å². The van der Waals surface area contributed by atoms with Crippen molar-refractivity contribution >= 4 is 17.5 Å². The van der Waals surface area contributed by atoms with Crippen LogP contribution in [-0.2, 0) is 0 Å². The van der Waals surface area contributed by atoms with E-state index < -0.39 is 0 Å². The topological polar surface area (TPSA) is 90.6 Å². The van der Waals surface area contributed by atoms with Gasteiger partial charge in [-0.3, -0.25) is 4.79 Å². The second-order valence-electron chi connectivity index (χ2n) is 6.44. The van der Waals surface area contributed by atoms with E-state index in [1.807, 2.05) is 19.1 Å². The van der Waals surface area contributed by atoms with Gasteiger partial charge in [-0.15, -0.1) is 0 Å². The fourth-order valence-corrected chi connectivity index (χ4v) is 3.42. The van der Waals surface area contributed by atoms with Crippen molar-refractivity contribution in [1.82, 2.24) is 9.97 Å². The zero-order valence-electron chi connectivity index (χ0n) is 14.1. The minimum atomic E-state index is -0.0781. The van der Waals surface area contributed by atoms with Gasteiger partial charge in [0.15, 0.2) is 17.3 Å². The van der Waals surface area contributed by atoms with E-state index in [0.717, 1.165) is 30.9 Å². The smallest absolute Gasteiger partial charge is 0.231 e. The summed E-state index contributed by atoms with van der Waals surface area (Å²) in [5, 5.41) is 0. The molecule has 0 radical (unpaired) electrons. The Hall–Kier alpha value is -2.83. The molecule has 0 unspecified atom stereocenters. The number of aryl methyl sites for hydroxylation is 1. The Morgan fingerprint density at radius 1 is 1.24 bits per heavy atom. The van der Waals surface area contributed by atoms with Gasteiger partial charge in [-0.2, -0.15) is 4.98 Å². The van der Waals surface area contributed by atoms with Crippen LogP contribution < -0.4 is 20.1 Å². The second-order valence-corrected chi connectivity index (χ2v) is 6.44. The first-order valence-electron chi connectivity index (χ1n) is 8.40. The second kappa shape index (κ2) is 6.23. The number of hydrogen-bond donors (Lipinski definition) is 1. The van der Waals surface area contributed by atoms with E-state index in [4.69, 9.17) is 15.2 Å². The lowest BCUT2D eigenvalue weighted by Crippen LogP contribution is -2.39. The maximum absolute atomic E-state index is 12.9. The Morgan fingerprint density at radius 3 is 2.92 bits per heavy atom. The third kappa shape index (κ3) is 3.09. The van der Waals surface area contributed by atoms with Gasteiger partial charge in [0.25, 0.3) is 0 Å². The zero-order valence-corrected chi connectivity index (χ0v) is 14.1. The molecule has 0 saturated carbocycles. The van der Waals surface area contributed by atoms with Crippen molar-refractivity contribution in [3.8, 4) is 11.5 Å². The number of piperidine rings is 1. The number of nitrogen functional groups attached to an aromatic ring is 1. The Bertz CT molecular complexity index is 804. The number of carbonyl (C=O) groups is 1. The lowest BCUT2D eigenvalue weighted by atomic mass is 9.90. The maximum Gasteiger partial charge on any atom is 0.231 e. The molecule has 0 bridgehead atoms. The predicted molar refractivity (Wildman–Crippen MR) is 93.0 cm³/mol. The summed E-state index contributed by atoms with van der Waals surface area (Å²) in [6.07, 6.45) is 1.80. The molecule has 2 N–H and O–H groups in total. The number of carbonyl (C=O) groups excluding carboxylic acids is 1. The molecular weight excluding hydrogens is 320 g/mol. The number of aromatic nitrogens is 2. The van der Waals surface area contributed by atoms with Crippen molar-refractivity contribution in [2.24, 2.45) is 5.92 Å². The van der Waals surface area contributed by atoms with Crippen LogP contribution in [0.15, 0.2) is 24.3 Å². The van der Waals surface area contributed by atoms with E-state index in [2.05, 4.69) is 14.9 Å². The van der Waals surface area contributed by atoms with Crippen LogP contribution in [0.25, 0.3) is 0 Å². The Labute approximate surface area is 145 Å². The molecule has 2 aliphatic heterocycles. The van der Waals surface area contributed by atoms with Crippen molar-refractivity contribution in [2.45, 2.75) is 19.8 Å². The van der Waals surface area contributed by atoms with Crippen molar-refractivity contribution in [2.75, 3.05) is 30.5 Å². The van der Waals surface area contributed by atoms with Crippen molar-refractivity contribution in [1.29, 1.82) is 0 Å². The average molecular weight is 340 g/mol. The number of nitrogens with zero attached hydrogens (tertiary/aromatic N) is 3. The Morgan fingerprint density at radius 2 is 2.08 bits per heavy atom. The first-order chi connectivity index (χ1) is 12.1. The predicted octanol–water partition coefficient (Wildman–Crippen LogP) is 2.20. The quantitative estimate of drug-likeness (QED) is 0.857. The van der Waals surface area contributed by atoms with Crippen LogP contribution in [0.3, 0.4) is 0 Å². The Balaban J connectivity index is 1.53. The van der Waals surface area contributed by atoms with E-state index in [9.17, 15) is 4.79 Å². The molecule has 2 aliphatic rings. The largest absolute Gasteiger partial charge is 0.454 e. The Kier molecular flexibility index (Phi) is 3.91. The summed E-state index contributed by atoms with van der Waals surface area (Å²) in [6.45, 7) is 3.59. The number of benzene rings is 1. The number of rotatable bonds is 3. The van der Waals surface area contributed by atoms with Gasteiger partial charge < -0.3 is 20.1 Å². The first-order valence-corrected chi connectivity index (χ1v) is 8.40. The van der Waals surface area contributed by atoms with Crippen molar-refractivity contribution < 1.29 is 14.3 Å². The fourth-order valence-electron chi connectivity index (χ4n) is 3.42. The van der Waals surface area contributed by atoms with Gasteiger partial charge in [0.2, 0.25) is 12.7 Å². The number of fused-ring (bicyclic) bond motifs is 1. The summed E-state index contributed by atoms with van der Waals surface area (Å²) in [7, 11) is 0. The highest BCUT2D eigenvalue weighted by Crippen LogP contribution is 2.34. The lowest BCUT2D eigenvalue weighted by molar-refractivity contribution is 0.0906. The van der Waals surface area contributed by atoms with Crippen LogP contribution in [0.4, 0.5) is 11.8 Å². The van der Waals surface area contributed by atoms with E-state index in [0.29, 0.717) is 23.6 Å². The molecule has 7 heteroatoms. The highest BCUT2D eigenvalue weighted by molar-refractivity contribution is 5.99. The molecule has 130 valence electrons. The fraction of sp³-hybridized carbons (Fsp3) is 0.389. The lowest BCUT2D eigenvalue weighted by Gasteiger charge is -2.33. The van der Waals surface area contributed by atoms with Gasteiger partial charge in [0.05, 0.1) is 0 Å². The normalized spacial score (nSPS) is 19.1. The summed E-state index contributed by atoms with van der Waals surface area (Å²) >= 11 is 0. The van der Waals surface area contributed by atoms with Crippen LogP contribution in [0.2, 0.25) is 0 Å². The molecule has 7 nitrogen and oxygen atoms in total. The first kappa shape index (κ1) is 15.7. The summed E-state index contributed by atoms with van der Waals surface area (Å²) in [6, 6.07) is 7.28. The molecule has 1 aromatic carbocycles. The van der Waals surface area contributed by atoms with Crippen molar-refractivity contribution in [3.63, 3.8) is 0 Å². The molecule has 25 heavy (non-hydrogen) atoms. The van der Waals surface area contributed by atoms with E-state index >= 15 is 0 Å². The van der Waals surface area contributed by atoms with E-state index in [-0.39, 0.29) is 24.4 Å². The molecule has 0 spiro atoms. The molecular formula is C18H20N4O3. The molecule has 4 rings (SSSR count). The number of nitrogens with two attached hydrogens (primary N) is 1. The minimum Gasteiger partial charge on any atom is -0.454 e. The summed E-state index contributed by atoms with van der Waals surface area (Å²) < 4.78 is 10.7. The number of Topliss-reactive ketones (excluding diaryl/α,β-unsaturated/α-hetero) is 1. The van der Waals surface area contributed by atoms with E-state index in [1.165, 1.54) is 0 Å². The number of ether oxygens (including phenoxy) is 2. The van der Waals surface area contributed by atoms with Gasteiger partial charge in [-0.1, -0.05) is 0 Å². The van der Waals surface area contributed by atoms with Crippen LogP contribution in [0, 0.1) is 12.8 Å². The van der Waals surface area contributed by atoms with Gasteiger partial charge in [-0.25, -0.2) is 4.98 Å². The summed E-state index contributed by atoms with van der Waals surface area (Å²) in [5.41, 5.74) is 7.25. The molecule has 3 heterocycles. The molecule has 2 aromatic rings. The van der Waals surface area contributed by atoms with Crippen LogP contribution in [0.1, 0.15) is 28.9 Å². The third-order valence-corrected chi connectivity index (χ3v) is 4.63. The van der Waals surface area contributed by atoms with Crippen LogP contribution in [0.5, 0.6) is 11.5 Å². The average Bonchev–Trinajstić information content (AvgIpc) is 3.08. The SMILES string of the molecule is Cc1cc(N2CCC[C@@H](C(=O)c3ccc4c(c3)OCO4)C2)nc(N)n1. The number of hydrogen-bond acceptors (Lipinski definition) is 7. The highest BCUT2D eigenvalue weighted by Gasteiger charge is 2.28. The van der Waals surface area contributed by atoms with Crippen LogP contribution >= 0.6 is 0 Å². The minimum absolute atomic E-state index is 0.0781. The van der Waals surface area contributed by atoms with Gasteiger partial charge in [-0.05, 0) is 38.0 Å². The molecule has 1 fully saturated rings. The van der Waals surface area contributed by atoms with Crippen molar-refractivity contribution in [3.05, 3.63) is 35.5 Å². The highest BCUT2D eigenvalue weighted by atomic mass is 16.7. The number of anilines is 2. The maximum atomic E-state index is 12.9. The zero-order chi connectivity index (χ0) is 17.4. The van der Waals surface area contributed by atoms with Gasteiger partial charge in [0.1, 0.15) is 5.82 Å². The van der Waals surface area contributed by atoms with Gasteiger partial charge in [0, 0.05) is 36.3 Å². The molecule has 1 aromatic heterocycles. The molecule has 0 amide bonds. The third-order valence-electron chi connectivity index (χ3n) is 4.63. The molecule has 1 atom stereocenters. The monoisotopic (exact) mass is 340 g/mol. The summed E-state index contributed by atoms with van der Waals surface area (Å²) in [4.78, 5) is 23.5.